The monoisotopic (exact) mass is 279 g/mol. The van der Waals surface area contributed by atoms with Crippen LogP contribution in [-0.4, -0.2) is 67.2 Å². The van der Waals surface area contributed by atoms with Crippen molar-refractivity contribution in [1.82, 2.24) is 15.1 Å². The molecule has 2 fully saturated rings. The molecule has 0 saturated carbocycles. The van der Waals surface area contributed by atoms with E-state index in [0.717, 1.165) is 19.4 Å². The molecule has 1 atom stereocenters. The Morgan fingerprint density at radius 1 is 1.16 bits per heavy atom. The third kappa shape index (κ3) is 4.35. The van der Waals surface area contributed by atoms with Crippen LogP contribution >= 0.6 is 0 Å². The number of amides is 1. The van der Waals surface area contributed by atoms with Crippen molar-refractivity contribution >= 4 is 5.91 Å². The van der Waals surface area contributed by atoms with Gasteiger partial charge in [0.05, 0.1) is 12.6 Å². The Morgan fingerprint density at radius 2 is 1.95 bits per heavy atom. The van der Waals surface area contributed by atoms with Gasteiger partial charge >= 0.3 is 6.18 Å². The summed E-state index contributed by atoms with van der Waals surface area (Å²) in [5.74, 6) is 0.0476. The first-order valence-electron chi connectivity index (χ1n) is 6.77. The fourth-order valence-electron chi connectivity index (χ4n) is 2.72. The highest BCUT2D eigenvalue weighted by molar-refractivity contribution is 5.82. The van der Waals surface area contributed by atoms with Crippen LogP contribution in [0.15, 0.2) is 0 Å². The molecule has 2 rings (SSSR count). The van der Waals surface area contributed by atoms with Crippen molar-refractivity contribution < 1.29 is 18.0 Å². The van der Waals surface area contributed by atoms with Crippen LogP contribution in [-0.2, 0) is 4.79 Å². The van der Waals surface area contributed by atoms with Gasteiger partial charge in [-0.1, -0.05) is 0 Å². The number of nitrogens with zero attached hydrogens (tertiary/aromatic N) is 2. The minimum atomic E-state index is -4.16. The van der Waals surface area contributed by atoms with Crippen LogP contribution in [0.25, 0.3) is 0 Å². The molecule has 4 nitrogen and oxygen atoms in total. The Kier molecular flexibility index (Phi) is 4.67. The van der Waals surface area contributed by atoms with Crippen LogP contribution in [0.2, 0.25) is 0 Å². The average Bonchev–Trinajstić information content (AvgIpc) is 2.75. The molecule has 0 radical (unpaired) electrons. The smallest absolute Gasteiger partial charge is 0.340 e. The SMILES string of the molecule is O=C(C1CCCN1)N1CCCN(CC(F)(F)F)CC1. The first kappa shape index (κ1) is 14.6. The van der Waals surface area contributed by atoms with Crippen molar-refractivity contribution in [2.75, 3.05) is 39.3 Å². The van der Waals surface area contributed by atoms with Gasteiger partial charge in [0.15, 0.2) is 0 Å². The number of carbonyl (C=O) groups is 1. The van der Waals surface area contributed by atoms with Crippen molar-refractivity contribution in [2.45, 2.75) is 31.5 Å². The number of hydrogen-bond donors (Lipinski definition) is 1. The molecular formula is C12H20F3N3O. The molecule has 0 spiro atoms. The third-order valence-corrected chi connectivity index (χ3v) is 3.66. The predicted molar refractivity (Wildman–Crippen MR) is 64.7 cm³/mol. The van der Waals surface area contributed by atoms with E-state index >= 15 is 0 Å². The maximum Gasteiger partial charge on any atom is 0.401 e. The lowest BCUT2D eigenvalue weighted by atomic mass is 10.2. The first-order valence-corrected chi connectivity index (χ1v) is 6.77. The molecular weight excluding hydrogens is 259 g/mol. The number of carbonyl (C=O) groups excluding carboxylic acids is 1. The highest BCUT2D eigenvalue weighted by Gasteiger charge is 2.33. The maximum absolute atomic E-state index is 12.3. The topological polar surface area (TPSA) is 35.6 Å². The fraction of sp³-hybridized carbons (Fsp3) is 0.917. The van der Waals surface area contributed by atoms with Gasteiger partial charge in [0.25, 0.3) is 0 Å². The summed E-state index contributed by atoms with van der Waals surface area (Å²) in [7, 11) is 0. The Bertz CT molecular complexity index is 316. The standard InChI is InChI=1S/C12H20F3N3O/c13-12(14,15)9-17-5-2-6-18(8-7-17)11(19)10-3-1-4-16-10/h10,16H,1-9H2. The van der Waals surface area contributed by atoms with E-state index in [0.29, 0.717) is 32.6 Å². The second-order valence-electron chi connectivity index (χ2n) is 5.22. The Labute approximate surface area is 110 Å². The summed E-state index contributed by atoms with van der Waals surface area (Å²) >= 11 is 0. The zero-order valence-corrected chi connectivity index (χ0v) is 10.9. The minimum absolute atomic E-state index is 0.0476. The Balaban J connectivity index is 1.84. The molecule has 0 aromatic heterocycles. The summed E-state index contributed by atoms with van der Waals surface area (Å²) in [6.07, 6.45) is -1.73. The first-order chi connectivity index (χ1) is 8.96. The number of rotatable bonds is 2. The minimum Gasteiger partial charge on any atom is -0.340 e. The third-order valence-electron chi connectivity index (χ3n) is 3.66. The molecule has 2 aliphatic heterocycles. The van der Waals surface area contributed by atoms with E-state index in [-0.39, 0.29) is 11.9 Å². The second kappa shape index (κ2) is 6.09. The molecule has 0 bridgehead atoms. The molecule has 7 heteroatoms. The van der Waals surface area contributed by atoms with Crippen molar-refractivity contribution in [1.29, 1.82) is 0 Å². The Morgan fingerprint density at radius 3 is 2.58 bits per heavy atom. The largest absolute Gasteiger partial charge is 0.401 e. The molecule has 0 aliphatic carbocycles. The normalized spacial score (nSPS) is 26.5. The molecule has 1 unspecified atom stereocenters. The summed E-state index contributed by atoms with van der Waals surface area (Å²) in [5, 5.41) is 3.14. The highest BCUT2D eigenvalue weighted by atomic mass is 19.4. The van der Waals surface area contributed by atoms with Gasteiger partial charge in [-0.25, -0.2) is 0 Å². The number of halogens is 3. The van der Waals surface area contributed by atoms with Crippen molar-refractivity contribution in [3.05, 3.63) is 0 Å². The second-order valence-corrected chi connectivity index (χ2v) is 5.22. The summed E-state index contributed by atoms with van der Waals surface area (Å²) in [4.78, 5) is 15.3. The highest BCUT2D eigenvalue weighted by Crippen LogP contribution is 2.18. The van der Waals surface area contributed by atoms with E-state index in [2.05, 4.69) is 5.32 Å². The van der Waals surface area contributed by atoms with E-state index in [1.165, 1.54) is 4.90 Å². The van der Waals surface area contributed by atoms with Gasteiger partial charge in [-0.2, -0.15) is 13.2 Å². The van der Waals surface area contributed by atoms with E-state index in [1.807, 2.05) is 0 Å². The summed E-state index contributed by atoms with van der Waals surface area (Å²) in [6, 6.07) is -0.130. The van der Waals surface area contributed by atoms with E-state index in [9.17, 15) is 18.0 Å². The van der Waals surface area contributed by atoms with Crippen LogP contribution in [0.1, 0.15) is 19.3 Å². The van der Waals surface area contributed by atoms with Crippen LogP contribution in [0.3, 0.4) is 0 Å². The van der Waals surface area contributed by atoms with E-state index < -0.39 is 12.7 Å². The Hall–Kier alpha value is -0.820. The van der Waals surface area contributed by atoms with Gasteiger partial charge in [0.1, 0.15) is 0 Å². The van der Waals surface area contributed by atoms with Gasteiger partial charge in [0, 0.05) is 26.2 Å². The van der Waals surface area contributed by atoms with Gasteiger partial charge in [-0.05, 0) is 25.8 Å². The molecule has 2 aliphatic rings. The van der Waals surface area contributed by atoms with Crippen LogP contribution in [0, 0.1) is 0 Å². The molecule has 0 aromatic carbocycles. The molecule has 1 amide bonds. The van der Waals surface area contributed by atoms with Gasteiger partial charge in [-0.15, -0.1) is 0 Å². The molecule has 2 saturated heterocycles. The van der Waals surface area contributed by atoms with E-state index in [4.69, 9.17) is 0 Å². The number of hydrogen-bond acceptors (Lipinski definition) is 3. The van der Waals surface area contributed by atoms with Gasteiger partial charge in [-0.3, -0.25) is 9.69 Å². The van der Waals surface area contributed by atoms with Crippen molar-refractivity contribution in [2.24, 2.45) is 0 Å². The molecule has 2 heterocycles. The zero-order chi connectivity index (χ0) is 13.9. The maximum atomic E-state index is 12.3. The molecule has 0 aromatic rings. The zero-order valence-electron chi connectivity index (χ0n) is 10.9. The lowest BCUT2D eigenvalue weighted by Crippen LogP contribution is -2.45. The molecule has 110 valence electrons. The predicted octanol–water partition coefficient (Wildman–Crippen LogP) is 0.835. The quantitative estimate of drug-likeness (QED) is 0.813. The van der Waals surface area contributed by atoms with Crippen molar-refractivity contribution in [3.63, 3.8) is 0 Å². The van der Waals surface area contributed by atoms with Gasteiger partial charge in [0.2, 0.25) is 5.91 Å². The fourth-order valence-corrected chi connectivity index (χ4v) is 2.72. The van der Waals surface area contributed by atoms with Crippen LogP contribution in [0.4, 0.5) is 13.2 Å². The van der Waals surface area contributed by atoms with E-state index in [1.54, 1.807) is 4.90 Å². The summed E-state index contributed by atoms with van der Waals surface area (Å²) in [6.45, 7) is 1.64. The lowest BCUT2D eigenvalue weighted by Gasteiger charge is -2.25. The van der Waals surface area contributed by atoms with Crippen LogP contribution in [0.5, 0.6) is 0 Å². The lowest BCUT2D eigenvalue weighted by molar-refractivity contribution is -0.145. The summed E-state index contributed by atoms with van der Waals surface area (Å²) < 4.78 is 37.0. The summed E-state index contributed by atoms with van der Waals surface area (Å²) in [5.41, 5.74) is 0. The average molecular weight is 279 g/mol. The molecule has 19 heavy (non-hydrogen) atoms. The molecule has 1 N–H and O–H groups in total. The van der Waals surface area contributed by atoms with Gasteiger partial charge < -0.3 is 10.2 Å². The number of nitrogens with one attached hydrogen (secondary N) is 1. The van der Waals surface area contributed by atoms with Crippen LogP contribution < -0.4 is 5.32 Å². The number of alkyl halides is 3. The van der Waals surface area contributed by atoms with Crippen molar-refractivity contribution in [3.8, 4) is 0 Å².